The molecule has 1 saturated heterocycles. The van der Waals surface area contributed by atoms with Crippen LogP contribution in [0.2, 0.25) is 5.28 Å². The number of hydrogen-bond acceptors (Lipinski definition) is 6. The van der Waals surface area contributed by atoms with Crippen molar-refractivity contribution in [2.45, 2.75) is 18.9 Å². The highest BCUT2D eigenvalue weighted by Gasteiger charge is 2.20. The second kappa shape index (κ2) is 4.80. The zero-order valence-electron chi connectivity index (χ0n) is 9.06. The van der Waals surface area contributed by atoms with Gasteiger partial charge in [-0.15, -0.1) is 0 Å². The van der Waals surface area contributed by atoms with Crippen LogP contribution in [-0.4, -0.2) is 41.2 Å². The fourth-order valence-corrected chi connectivity index (χ4v) is 1.89. The Bertz CT molecular complexity index is 375. The van der Waals surface area contributed by atoms with Crippen molar-refractivity contribution in [1.82, 2.24) is 15.0 Å². The van der Waals surface area contributed by atoms with Gasteiger partial charge < -0.3 is 15.4 Å². The zero-order chi connectivity index (χ0) is 11.5. The quantitative estimate of drug-likeness (QED) is 0.813. The Morgan fingerprint density at radius 1 is 1.44 bits per heavy atom. The smallest absolute Gasteiger partial charge is 0.322 e. The number of hydrogen-bond donors (Lipinski definition) is 1. The molecule has 1 aliphatic rings. The normalized spacial score (nSPS) is 20.9. The molecule has 0 aromatic carbocycles. The Morgan fingerprint density at radius 3 is 2.94 bits per heavy atom. The molecule has 1 atom stereocenters. The summed E-state index contributed by atoms with van der Waals surface area (Å²) < 4.78 is 4.95. The van der Waals surface area contributed by atoms with Crippen LogP contribution in [0.15, 0.2) is 0 Å². The molecule has 0 bridgehead atoms. The molecule has 0 radical (unpaired) electrons. The number of anilines is 1. The van der Waals surface area contributed by atoms with Crippen LogP contribution >= 0.6 is 11.6 Å². The Hall–Kier alpha value is -1.14. The molecule has 0 unspecified atom stereocenters. The molecule has 0 aliphatic carbocycles. The highest BCUT2D eigenvalue weighted by atomic mass is 35.5. The van der Waals surface area contributed by atoms with Gasteiger partial charge in [0.05, 0.1) is 7.11 Å². The van der Waals surface area contributed by atoms with Gasteiger partial charge in [0.15, 0.2) is 0 Å². The first kappa shape index (κ1) is 11.3. The van der Waals surface area contributed by atoms with Crippen LogP contribution in [0, 0.1) is 0 Å². The van der Waals surface area contributed by atoms with E-state index in [4.69, 9.17) is 22.1 Å². The molecule has 6 nitrogen and oxygen atoms in total. The Morgan fingerprint density at radius 2 is 2.25 bits per heavy atom. The van der Waals surface area contributed by atoms with Crippen LogP contribution in [0.3, 0.4) is 0 Å². The van der Waals surface area contributed by atoms with E-state index in [9.17, 15) is 0 Å². The minimum atomic E-state index is 0.140. The van der Waals surface area contributed by atoms with Crippen molar-refractivity contribution in [2.75, 3.05) is 25.1 Å². The predicted molar refractivity (Wildman–Crippen MR) is 60.8 cm³/mol. The average Bonchev–Trinajstić information content (AvgIpc) is 2.28. The topological polar surface area (TPSA) is 77.2 Å². The van der Waals surface area contributed by atoms with Gasteiger partial charge in [0.25, 0.3) is 0 Å². The number of methoxy groups -OCH3 is 1. The summed E-state index contributed by atoms with van der Waals surface area (Å²) in [5.41, 5.74) is 5.89. The number of aromatic nitrogens is 3. The molecule has 2 rings (SSSR count). The Balaban J connectivity index is 2.21. The zero-order valence-corrected chi connectivity index (χ0v) is 9.81. The fourth-order valence-electron chi connectivity index (χ4n) is 1.75. The first-order chi connectivity index (χ1) is 7.69. The van der Waals surface area contributed by atoms with Crippen molar-refractivity contribution in [1.29, 1.82) is 0 Å². The van der Waals surface area contributed by atoms with Crippen LogP contribution in [0.5, 0.6) is 6.01 Å². The van der Waals surface area contributed by atoms with Gasteiger partial charge in [0.1, 0.15) is 0 Å². The third kappa shape index (κ3) is 2.51. The molecule has 1 aromatic heterocycles. The summed E-state index contributed by atoms with van der Waals surface area (Å²) in [6.45, 7) is 1.63. The van der Waals surface area contributed by atoms with E-state index in [-0.39, 0.29) is 17.3 Å². The van der Waals surface area contributed by atoms with Gasteiger partial charge in [-0.2, -0.15) is 15.0 Å². The summed E-state index contributed by atoms with van der Waals surface area (Å²) in [5.74, 6) is 0.534. The molecule has 16 heavy (non-hydrogen) atoms. The lowest BCUT2D eigenvalue weighted by Crippen LogP contribution is -2.43. The standard InChI is InChI=1S/C9H14ClN5O/c1-16-9-13-7(10)12-8(14-9)15-4-2-3-6(11)5-15/h6H,2-5,11H2,1H3/t6-/m1/s1. The molecule has 0 amide bonds. The summed E-state index contributed by atoms with van der Waals surface area (Å²) in [6.07, 6.45) is 2.07. The molecule has 1 fully saturated rings. The van der Waals surface area contributed by atoms with Crippen molar-refractivity contribution in [3.05, 3.63) is 5.28 Å². The molecule has 0 saturated carbocycles. The molecular formula is C9H14ClN5O. The van der Waals surface area contributed by atoms with E-state index in [1.165, 1.54) is 7.11 Å². The lowest BCUT2D eigenvalue weighted by atomic mass is 10.1. The second-order valence-electron chi connectivity index (χ2n) is 3.74. The van der Waals surface area contributed by atoms with Crippen molar-refractivity contribution >= 4 is 17.5 Å². The molecule has 2 N–H and O–H groups in total. The largest absolute Gasteiger partial charge is 0.467 e. The molecule has 7 heteroatoms. The Labute approximate surface area is 98.8 Å². The molecule has 1 aromatic rings. The van der Waals surface area contributed by atoms with Crippen molar-refractivity contribution in [3.8, 4) is 6.01 Å². The molecule has 1 aliphatic heterocycles. The van der Waals surface area contributed by atoms with Gasteiger partial charge in [-0.3, -0.25) is 0 Å². The molecule has 0 spiro atoms. The van der Waals surface area contributed by atoms with Crippen LogP contribution in [0.25, 0.3) is 0 Å². The van der Waals surface area contributed by atoms with Crippen molar-refractivity contribution in [3.63, 3.8) is 0 Å². The van der Waals surface area contributed by atoms with E-state index in [1.807, 2.05) is 4.90 Å². The Kier molecular flexibility index (Phi) is 3.40. The maximum atomic E-state index is 5.89. The van der Waals surface area contributed by atoms with Crippen molar-refractivity contribution in [2.24, 2.45) is 5.73 Å². The summed E-state index contributed by atoms with van der Waals surface area (Å²) in [6, 6.07) is 0.393. The van der Waals surface area contributed by atoms with Crippen LogP contribution < -0.4 is 15.4 Å². The SMILES string of the molecule is COc1nc(Cl)nc(N2CCC[C@@H](N)C2)n1. The predicted octanol–water partition coefficient (Wildman–Crippen LogP) is 0.461. The fraction of sp³-hybridized carbons (Fsp3) is 0.667. The second-order valence-corrected chi connectivity index (χ2v) is 4.08. The minimum absolute atomic E-state index is 0.140. The van der Waals surface area contributed by atoms with Crippen LogP contribution in [-0.2, 0) is 0 Å². The highest BCUT2D eigenvalue weighted by Crippen LogP contribution is 2.18. The summed E-state index contributed by atoms with van der Waals surface area (Å²) in [7, 11) is 1.50. The van der Waals surface area contributed by atoms with Gasteiger partial charge in [-0.05, 0) is 24.4 Å². The van der Waals surface area contributed by atoms with E-state index in [1.54, 1.807) is 0 Å². The molecule has 88 valence electrons. The maximum absolute atomic E-state index is 5.89. The lowest BCUT2D eigenvalue weighted by molar-refractivity contribution is 0.377. The number of piperidine rings is 1. The lowest BCUT2D eigenvalue weighted by Gasteiger charge is -2.30. The van der Waals surface area contributed by atoms with E-state index < -0.39 is 0 Å². The van der Waals surface area contributed by atoms with E-state index in [0.717, 1.165) is 25.9 Å². The number of nitrogens with zero attached hydrogens (tertiary/aromatic N) is 4. The number of ether oxygens (including phenoxy) is 1. The number of nitrogens with two attached hydrogens (primary N) is 1. The van der Waals surface area contributed by atoms with Gasteiger partial charge in [-0.1, -0.05) is 0 Å². The summed E-state index contributed by atoms with van der Waals surface area (Å²) in [5, 5.41) is 0.140. The first-order valence-corrected chi connectivity index (χ1v) is 5.53. The minimum Gasteiger partial charge on any atom is -0.467 e. The van der Waals surface area contributed by atoms with Crippen molar-refractivity contribution < 1.29 is 4.74 Å². The van der Waals surface area contributed by atoms with Gasteiger partial charge in [0.2, 0.25) is 11.2 Å². The third-order valence-electron chi connectivity index (χ3n) is 2.50. The summed E-state index contributed by atoms with van der Waals surface area (Å²) >= 11 is 5.78. The van der Waals surface area contributed by atoms with Crippen LogP contribution in [0.4, 0.5) is 5.95 Å². The summed E-state index contributed by atoms with van der Waals surface area (Å²) in [4.78, 5) is 14.1. The monoisotopic (exact) mass is 243 g/mol. The average molecular weight is 244 g/mol. The molecule has 2 heterocycles. The van der Waals surface area contributed by atoms with Crippen LogP contribution in [0.1, 0.15) is 12.8 Å². The maximum Gasteiger partial charge on any atom is 0.322 e. The van der Waals surface area contributed by atoms with E-state index in [2.05, 4.69) is 15.0 Å². The highest BCUT2D eigenvalue weighted by molar-refractivity contribution is 6.28. The van der Waals surface area contributed by atoms with Gasteiger partial charge >= 0.3 is 6.01 Å². The number of halogens is 1. The molecular weight excluding hydrogens is 230 g/mol. The van der Waals surface area contributed by atoms with E-state index >= 15 is 0 Å². The van der Waals surface area contributed by atoms with E-state index in [0.29, 0.717) is 5.95 Å². The first-order valence-electron chi connectivity index (χ1n) is 5.15. The van der Waals surface area contributed by atoms with Gasteiger partial charge in [-0.25, -0.2) is 0 Å². The number of rotatable bonds is 2. The third-order valence-corrected chi connectivity index (χ3v) is 2.67. The van der Waals surface area contributed by atoms with Gasteiger partial charge in [0, 0.05) is 19.1 Å².